The Morgan fingerprint density at radius 1 is 1.70 bits per heavy atom. The van der Waals surface area contributed by atoms with E-state index in [0.29, 0.717) is 5.01 Å². The lowest BCUT2D eigenvalue weighted by Gasteiger charge is -1.96. The Kier molecular flexibility index (Phi) is 2.15. The molecule has 0 atom stereocenters. The largest absolute Gasteiger partial charge is 0.332 e. The second kappa shape index (κ2) is 2.75. The molecule has 0 bridgehead atoms. The van der Waals surface area contributed by atoms with E-state index >= 15 is 0 Å². The van der Waals surface area contributed by atoms with Crippen LogP contribution in [-0.2, 0) is 10.7 Å². The standard InChI is InChI=1S/C3H5N2O3PS/c6-9(7,8)1-3-5-4-2-10-3/h2H,1H2,(H2,6,7,8). The van der Waals surface area contributed by atoms with E-state index < -0.39 is 7.60 Å². The summed E-state index contributed by atoms with van der Waals surface area (Å²) in [7, 11) is -3.95. The maximum Gasteiger partial charge on any atom is 0.332 e. The lowest BCUT2D eigenvalue weighted by atomic mass is 10.9. The van der Waals surface area contributed by atoms with Crippen LogP contribution < -0.4 is 0 Å². The van der Waals surface area contributed by atoms with Crippen molar-refractivity contribution in [3.05, 3.63) is 10.5 Å². The van der Waals surface area contributed by atoms with Gasteiger partial charge < -0.3 is 9.79 Å². The number of nitrogens with zero attached hydrogens (tertiary/aromatic N) is 2. The number of hydrogen-bond donors (Lipinski definition) is 2. The first-order chi connectivity index (χ1) is 4.58. The van der Waals surface area contributed by atoms with Crippen molar-refractivity contribution in [2.45, 2.75) is 6.16 Å². The zero-order chi connectivity index (χ0) is 7.61. The van der Waals surface area contributed by atoms with Crippen LogP contribution in [0.2, 0.25) is 0 Å². The van der Waals surface area contributed by atoms with Gasteiger partial charge in [0, 0.05) is 0 Å². The molecule has 1 rings (SSSR count). The van der Waals surface area contributed by atoms with Crippen LogP contribution in [0.1, 0.15) is 5.01 Å². The normalized spacial score (nSPS) is 11.8. The molecule has 0 spiro atoms. The molecule has 0 amide bonds. The van der Waals surface area contributed by atoms with Gasteiger partial charge in [-0.15, -0.1) is 21.5 Å². The van der Waals surface area contributed by atoms with Gasteiger partial charge in [0.2, 0.25) is 0 Å². The quantitative estimate of drug-likeness (QED) is 0.636. The van der Waals surface area contributed by atoms with Crippen LogP contribution in [0.15, 0.2) is 5.51 Å². The third-order valence-electron chi connectivity index (χ3n) is 0.746. The summed E-state index contributed by atoms with van der Waals surface area (Å²) >= 11 is 1.14. The SMILES string of the molecule is O=P(O)(O)Cc1nncs1. The highest BCUT2D eigenvalue weighted by Gasteiger charge is 2.15. The molecular formula is C3H5N2O3PS. The minimum absolute atomic E-state index is 0.308. The number of rotatable bonds is 2. The van der Waals surface area contributed by atoms with E-state index in [0.717, 1.165) is 11.3 Å². The fraction of sp³-hybridized carbons (Fsp3) is 0.333. The molecule has 0 aliphatic rings. The van der Waals surface area contributed by atoms with Gasteiger partial charge in [-0.2, -0.15) is 0 Å². The third-order valence-corrected chi connectivity index (χ3v) is 2.37. The van der Waals surface area contributed by atoms with Crippen molar-refractivity contribution in [2.24, 2.45) is 0 Å². The minimum atomic E-state index is -3.95. The van der Waals surface area contributed by atoms with E-state index in [2.05, 4.69) is 10.2 Å². The molecule has 1 aromatic heterocycles. The smallest absolute Gasteiger partial charge is 0.324 e. The van der Waals surface area contributed by atoms with Crippen molar-refractivity contribution >= 4 is 18.9 Å². The summed E-state index contributed by atoms with van der Waals surface area (Å²) in [6.45, 7) is 0. The molecular weight excluding hydrogens is 175 g/mol. The first-order valence-corrected chi connectivity index (χ1v) is 5.05. The average Bonchev–Trinajstić information content (AvgIpc) is 2.12. The van der Waals surface area contributed by atoms with E-state index in [4.69, 9.17) is 9.79 Å². The second-order valence-corrected chi connectivity index (χ2v) is 4.22. The molecule has 0 aliphatic carbocycles. The van der Waals surface area contributed by atoms with Crippen LogP contribution in [-0.4, -0.2) is 20.0 Å². The molecule has 1 aromatic rings. The van der Waals surface area contributed by atoms with E-state index in [1.54, 1.807) is 0 Å². The van der Waals surface area contributed by atoms with Crippen LogP contribution in [0.5, 0.6) is 0 Å². The predicted octanol–water partition coefficient (Wildman–Crippen LogP) is 0.216. The van der Waals surface area contributed by atoms with Gasteiger partial charge in [-0.3, -0.25) is 4.57 Å². The molecule has 2 N–H and O–H groups in total. The Morgan fingerprint density at radius 3 is 2.80 bits per heavy atom. The predicted molar refractivity (Wildman–Crippen MR) is 35.7 cm³/mol. The molecule has 7 heteroatoms. The summed E-state index contributed by atoms with van der Waals surface area (Å²) in [4.78, 5) is 16.9. The molecule has 56 valence electrons. The molecule has 0 saturated carbocycles. The maximum atomic E-state index is 10.3. The molecule has 0 radical (unpaired) electrons. The van der Waals surface area contributed by atoms with Gasteiger partial charge in [0.05, 0.1) is 0 Å². The fourth-order valence-electron chi connectivity index (χ4n) is 0.441. The van der Waals surface area contributed by atoms with Crippen LogP contribution in [0, 0.1) is 0 Å². The van der Waals surface area contributed by atoms with E-state index in [1.807, 2.05) is 0 Å². The Labute approximate surface area is 60.9 Å². The van der Waals surface area contributed by atoms with Gasteiger partial charge in [-0.1, -0.05) is 0 Å². The average molecular weight is 180 g/mol. The number of aromatic nitrogens is 2. The van der Waals surface area contributed by atoms with Crippen LogP contribution in [0.4, 0.5) is 0 Å². The van der Waals surface area contributed by atoms with Gasteiger partial charge in [0.25, 0.3) is 0 Å². The number of hydrogen-bond acceptors (Lipinski definition) is 4. The lowest BCUT2D eigenvalue weighted by Crippen LogP contribution is -1.85. The van der Waals surface area contributed by atoms with Crippen molar-refractivity contribution in [1.29, 1.82) is 0 Å². The van der Waals surface area contributed by atoms with Crippen LogP contribution in [0.25, 0.3) is 0 Å². The monoisotopic (exact) mass is 180 g/mol. The van der Waals surface area contributed by atoms with Crippen molar-refractivity contribution in [3.63, 3.8) is 0 Å². The van der Waals surface area contributed by atoms with Crippen molar-refractivity contribution in [2.75, 3.05) is 0 Å². The zero-order valence-corrected chi connectivity index (χ0v) is 6.55. The Morgan fingerprint density at radius 2 is 2.40 bits per heavy atom. The van der Waals surface area contributed by atoms with Gasteiger partial charge in [0.15, 0.2) is 0 Å². The molecule has 0 saturated heterocycles. The minimum Gasteiger partial charge on any atom is -0.324 e. The molecule has 5 nitrogen and oxygen atoms in total. The summed E-state index contributed by atoms with van der Waals surface area (Å²) in [6.07, 6.45) is -0.308. The Bertz CT molecular complexity index is 242. The first-order valence-electron chi connectivity index (χ1n) is 2.37. The van der Waals surface area contributed by atoms with E-state index in [1.165, 1.54) is 5.51 Å². The van der Waals surface area contributed by atoms with Crippen LogP contribution >= 0.6 is 18.9 Å². The molecule has 0 aromatic carbocycles. The van der Waals surface area contributed by atoms with E-state index in [9.17, 15) is 4.57 Å². The van der Waals surface area contributed by atoms with Crippen LogP contribution in [0.3, 0.4) is 0 Å². The topological polar surface area (TPSA) is 83.3 Å². The third kappa shape index (κ3) is 2.53. The molecule has 0 fully saturated rings. The van der Waals surface area contributed by atoms with Gasteiger partial charge in [-0.05, 0) is 0 Å². The summed E-state index contributed by atoms with van der Waals surface area (Å²) in [5.74, 6) is 0. The van der Waals surface area contributed by atoms with Gasteiger partial charge in [-0.25, -0.2) is 0 Å². The highest BCUT2D eigenvalue weighted by Crippen LogP contribution is 2.39. The fourth-order valence-corrected chi connectivity index (χ4v) is 1.97. The highest BCUT2D eigenvalue weighted by atomic mass is 32.1. The highest BCUT2D eigenvalue weighted by molar-refractivity contribution is 7.51. The lowest BCUT2D eigenvalue weighted by molar-refractivity contribution is 0.371. The van der Waals surface area contributed by atoms with Gasteiger partial charge >= 0.3 is 7.60 Å². The first kappa shape index (κ1) is 7.81. The summed E-state index contributed by atoms with van der Waals surface area (Å²) in [6, 6.07) is 0. The van der Waals surface area contributed by atoms with Gasteiger partial charge in [0.1, 0.15) is 16.7 Å². The summed E-state index contributed by atoms with van der Waals surface area (Å²) in [5, 5.41) is 7.28. The molecule has 0 aliphatic heterocycles. The Hall–Kier alpha value is -0.290. The molecule has 1 heterocycles. The van der Waals surface area contributed by atoms with E-state index in [-0.39, 0.29) is 6.16 Å². The molecule has 10 heavy (non-hydrogen) atoms. The van der Waals surface area contributed by atoms with Crippen molar-refractivity contribution in [3.8, 4) is 0 Å². The maximum absolute atomic E-state index is 10.3. The summed E-state index contributed by atoms with van der Waals surface area (Å²) < 4.78 is 10.3. The summed E-state index contributed by atoms with van der Waals surface area (Å²) in [5.41, 5.74) is 1.44. The molecule has 0 unspecified atom stereocenters. The van der Waals surface area contributed by atoms with Crippen molar-refractivity contribution in [1.82, 2.24) is 10.2 Å². The van der Waals surface area contributed by atoms with Crippen molar-refractivity contribution < 1.29 is 14.4 Å². The second-order valence-electron chi connectivity index (χ2n) is 1.66. The zero-order valence-electron chi connectivity index (χ0n) is 4.84. The Balaban J connectivity index is 2.66.